The molecular formula is C19H24ClN5O3. The molecule has 0 radical (unpaired) electrons. The normalized spacial score (nSPS) is 17.2. The third kappa shape index (κ3) is 4.69. The van der Waals surface area contributed by atoms with E-state index in [0.717, 1.165) is 38.4 Å². The predicted molar refractivity (Wildman–Crippen MR) is 107 cm³/mol. The van der Waals surface area contributed by atoms with Crippen molar-refractivity contribution in [2.75, 3.05) is 19.6 Å². The number of nitro groups is 1. The molecule has 4 rings (SSSR count). The average molecular weight is 406 g/mol. The SMILES string of the molecule is Cl.O=C(c1ccn(-c2cccc([N+](=O)[O-])c2)n1)N1CCC(NCC2CC2)CC1. The summed E-state index contributed by atoms with van der Waals surface area (Å²) in [7, 11) is 0. The van der Waals surface area contributed by atoms with Crippen molar-refractivity contribution in [2.45, 2.75) is 31.7 Å². The first-order chi connectivity index (χ1) is 13.1. The van der Waals surface area contributed by atoms with E-state index in [1.807, 2.05) is 4.90 Å². The van der Waals surface area contributed by atoms with Gasteiger partial charge in [-0.25, -0.2) is 4.68 Å². The van der Waals surface area contributed by atoms with Crippen LogP contribution in [0.4, 0.5) is 5.69 Å². The van der Waals surface area contributed by atoms with E-state index in [1.54, 1.807) is 24.4 Å². The van der Waals surface area contributed by atoms with Gasteiger partial charge in [0, 0.05) is 37.5 Å². The van der Waals surface area contributed by atoms with E-state index < -0.39 is 4.92 Å². The smallest absolute Gasteiger partial charge is 0.274 e. The first kappa shape index (κ1) is 20.3. The number of non-ortho nitro benzene ring substituents is 1. The molecule has 1 aromatic carbocycles. The summed E-state index contributed by atoms with van der Waals surface area (Å²) in [5, 5.41) is 18.9. The summed E-state index contributed by atoms with van der Waals surface area (Å²) < 4.78 is 1.50. The van der Waals surface area contributed by atoms with Gasteiger partial charge in [-0.05, 0) is 50.3 Å². The molecule has 0 spiro atoms. The third-order valence-corrected chi connectivity index (χ3v) is 5.29. The van der Waals surface area contributed by atoms with Gasteiger partial charge in [0.05, 0.1) is 10.6 Å². The lowest BCUT2D eigenvalue weighted by molar-refractivity contribution is -0.384. The monoisotopic (exact) mass is 405 g/mol. The Labute approximate surface area is 169 Å². The summed E-state index contributed by atoms with van der Waals surface area (Å²) in [6.07, 6.45) is 6.28. The summed E-state index contributed by atoms with van der Waals surface area (Å²) in [5.74, 6) is 0.780. The Hall–Kier alpha value is -2.45. The zero-order chi connectivity index (χ0) is 18.8. The van der Waals surface area contributed by atoms with E-state index in [-0.39, 0.29) is 24.0 Å². The Morgan fingerprint density at radius 3 is 2.64 bits per heavy atom. The van der Waals surface area contributed by atoms with E-state index in [2.05, 4.69) is 10.4 Å². The molecule has 0 unspecified atom stereocenters. The van der Waals surface area contributed by atoms with Gasteiger partial charge in [0.15, 0.2) is 5.69 Å². The van der Waals surface area contributed by atoms with Crippen LogP contribution in [0.1, 0.15) is 36.2 Å². The van der Waals surface area contributed by atoms with Crippen LogP contribution in [0.25, 0.3) is 5.69 Å². The molecule has 0 bridgehead atoms. The van der Waals surface area contributed by atoms with Crippen LogP contribution in [0.2, 0.25) is 0 Å². The van der Waals surface area contributed by atoms with Crippen molar-refractivity contribution in [3.8, 4) is 5.69 Å². The maximum absolute atomic E-state index is 12.7. The molecule has 2 aromatic rings. The average Bonchev–Trinajstić information content (AvgIpc) is 3.40. The molecule has 9 heteroatoms. The number of hydrogen-bond acceptors (Lipinski definition) is 5. The van der Waals surface area contributed by atoms with E-state index in [1.165, 1.54) is 29.7 Å². The van der Waals surface area contributed by atoms with E-state index in [9.17, 15) is 14.9 Å². The van der Waals surface area contributed by atoms with Gasteiger partial charge in [-0.3, -0.25) is 14.9 Å². The molecule has 1 N–H and O–H groups in total. The van der Waals surface area contributed by atoms with Gasteiger partial charge in [0.2, 0.25) is 0 Å². The maximum Gasteiger partial charge on any atom is 0.274 e. The number of nitrogens with zero attached hydrogens (tertiary/aromatic N) is 4. The third-order valence-electron chi connectivity index (χ3n) is 5.29. The number of carbonyl (C=O) groups excluding carboxylic acids is 1. The molecule has 0 atom stereocenters. The van der Waals surface area contributed by atoms with Crippen molar-refractivity contribution in [2.24, 2.45) is 5.92 Å². The lowest BCUT2D eigenvalue weighted by Crippen LogP contribution is -2.45. The quantitative estimate of drug-likeness (QED) is 0.589. The molecular weight excluding hydrogens is 382 g/mol. The molecule has 2 aliphatic rings. The number of piperidine rings is 1. The molecule has 1 aliphatic heterocycles. The van der Waals surface area contributed by atoms with Gasteiger partial charge >= 0.3 is 0 Å². The fourth-order valence-corrected chi connectivity index (χ4v) is 3.43. The first-order valence-corrected chi connectivity index (χ1v) is 9.43. The van der Waals surface area contributed by atoms with Crippen LogP contribution in [0.3, 0.4) is 0 Å². The highest BCUT2D eigenvalue weighted by molar-refractivity contribution is 5.92. The number of aromatic nitrogens is 2. The summed E-state index contributed by atoms with van der Waals surface area (Å²) in [6, 6.07) is 8.37. The second-order valence-electron chi connectivity index (χ2n) is 7.34. The first-order valence-electron chi connectivity index (χ1n) is 9.43. The van der Waals surface area contributed by atoms with E-state index in [0.29, 0.717) is 17.4 Å². The number of amides is 1. The molecule has 1 amide bonds. The topological polar surface area (TPSA) is 93.3 Å². The number of nitrogens with one attached hydrogen (secondary N) is 1. The van der Waals surface area contributed by atoms with Crippen LogP contribution in [-0.4, -0.2) is 51.2 Å². The number of halogens is 1. The minimum atomic E-state index is -0.444. The minimum Gasteiger partial charge on any atom is -0.337 e. The van der Waals surface area contributed by atoms with Gasteiger partial charge in [0.25, 0.3) is 11.6 Å². The van der Waals surface area contributed by atoms with Crippen molar-refractivity contribution < 1.29 is 9.72 Å². The molecule has 1 saturated heterocycles. The van der Waals surface area contributed by atoms with Crippen LogP contribution < -0.4 is 5.32 Å². The van der Waals surface area contributed by atoms with Crippen LogP contribution in [0.15, 0.2) is 36.5 Å². The van der Waals surface area contributed by atoms with E-state index in [4.69, 9.17) is 0 Å². The second kappa shape index (κ2) is 8.70. The van der Waals surface area contributed by atoms with Crippen LogP contribution in [-0.2, 0) is 0 Å². The van der Waals surface area contributed by atoms with Crippen molar-refractivity contribution >= 4 is 24.0 Å². The van der Waals surface area contributed by atoms with Crippen LogP contribution in [0, 0.1) is 16.0 Å². The van der Waals surface area contributed by atoms with Gasteiger partial charge in [0.1, 0.15) is 0 Å². The zero-order valence-electron chi connectivity index (χ0n) is 15.5. The number of carbonyl (C=O) groups is 1. The van der Waals surface area contributed by atoms with Crippen molar-refractivity contribution in [1.82, 2.24) is 20.0 Å². The second-order valence-corrected chi connectivity index (χ2v) is 7.34. The van der Waals surface area contributed by atoms with Gasteiger partial charge in [-0.15, -0.1) is 12.4 Å². The highest BCUT2D eigenvalue weighted by Crippen LogP contribution is 2.28. The molecule has 150 valence electrons. The highest BCUT2D eigenvalue weighted by atomic mass is 35.5. The molecule has 2 fully saturated rings. The van der Waals surface area contributed by atoms with Gasteiger partial charge in [-0.1, -0.05) is 6.07 Å². The number of nitro benzene ring substituents is 1. The Morgan fingerprint density at radius 1 is 1.21 bits per heavy atom. The molecule has 1 aromatic heterocycles. The zero-order valence-corrected chi connectivity index (χ0v) is 16.3. The molecule has 28 heavy (non-hydrogen) atoms. The summed E-state index contributed by atoms with van der Waals surface area (Å²) in [6.45, 7) is 2.56. The van der Waals surface area contributed by atoms with E-state index >= 15 is 0 Å². The number of benzene rings is 1. The standard InChI is InChI=1S/C19H23N5O3.ClH/c25-19(22-9-6-15(7-10-22)20-13-14-4-5-14)18-8-11-23(21-18)16-2-1-3-17(12-16)24(26)27;/h1-3,8,11-12,14-15,20H,4-7,9-10,13H2;1H. The number of hydrogen-bond donors (Lipinski definition) is 1. The Morgan fingerprint density at radius 2 is 1.96 bits per heavy atom. The molecule has 8 nitrogen and oxygen atoms in total. The lowest BCUT2D eigenvalue weighted by Gasteiger charge is -2.32. The summed E-state index contributed by atoms with van der Waals surface area (Å²) >= 11 is 0. The Kier molecular flexibility index (Phi) is 6.31. The number of likely N-dealkylation sites (tertiary alicyclic amines) is 1. The molecule has 2 heterocycles. The maximum atomic E-state index is 12.7. The fraction of sp³-hybridized carbons (Fsp3) is 0.474. The van der Waals surface area contributed by atoms with Crippen LogP contribution >= 0.6 is 12.4 Å². The molecule has 1 aliphatic carbocycles. The Bertz CT molecular complexity index is 844. The highest BCUT2D eigenvalue weighted by Gasteiger charge is 2.27. The summed E-state index contributed by atoms with van der Waals surface area (Å²) in [5.41, 5.74) is 0.925. The van der Waals surface area contributed by atoms with Crippen molar-refractivity contribution in [3.05, 3.63) is 52.3 Å². The van der Waals surface area contributed by atoms with Crippen molar-refractivity contribution in [1.29, 1.82) is 0 Å². The van der Waals surface area contributed by atoms with Crippen molar-refractivity contribution in [3.63, 3.8) is 0 Å². The largest absolute Gasteiger partial charge is 0.337 e. The predicted octanol–water partition coefficient (Wildman–Crippen LogP) is 2.81. The fourth-order valence-electron chi connectivity index (χ4n) is 3.43. The minimum absolute atomic E-state index is 0. The molecule has 1 saturated carbocycles. The Balaban J connectivity index is 0.00000225. The number of rotatable bonds is 6. The lowest BCUT2D eigenvalue weighted by atomic mass is 10.0. The van der Waals surface area contributed by atoms with Crippen LogP contribution in [0.5, 0.6) is 0 Å². The van der Waals surface area contributed by atoms with Gasteiger partial charge < -0.3 is 10.2 Å². The summed E-state index contributed by atoms with van der Waals surface area (Å²) in [4.78, 5) is 25.1. The van der Waals surface area contributed by atoms with Gasteiger partial charge in [-0.2, -0.15) is 5.10 Å².